The molecule has 0 spiro atoms. The van der Waals surface area contributed by atoms with Crippen molar-refractivity contribution in [2.45, 2.75) is 12.8 Å². The van der Waals surface area contributed by atoms with Gasteiger partial charge in [0.2, 0.25) is 5.75 Å². The number of para-hydroxylation sites is 1. The number of ether oxygens (including phenoxy) is 2. The second-order valence-corrected chi connectivity index (χ2v) is 7.18. The maximum Gasteiger partial charge on any atom is 0.328 e. The van der Waals surface area contributed by atoms with Gasteiger partial charge in [0.1, 0.15) is 11.6 Å². The number of hydrogen-bond donors (Lipinski definition) is 3. The standard InChI is InChI=1S/C18H18ClF2NO2.C4H4O4/c19-14-9-13(20)6-7-16(14)24-18-15(21)4-1-5-17(18)23-11-12-3-2-8-22-10-12;5-3(6)1-2-4(7)8/h1,4-7,9,12,22H,2-3,8,10-11H2;1-2H,(H,5,6)(H,7,8)/b;2-1+/t12-;/m0./s1. The lowest BCUT2D eigenvalue weighted by Crippen LogP contribution is -2.33. The van der Waals surface area contributed by atoms with Crippen molar-refractivity contribution in [1.82, 2.24) is 5.32 Å². The third kappa shape index (κ3) is 8.52. The summed E-state index contributed by atoms with van der Waals surface area (Å²) in [6, 6.07) is 8.16. The fourth-order valence-corrected chi connectivity index (χ4v) is 2.99. The van der Waals surface area contributed by atoms with Crippen molar-refractivity contribution >= 4 is 23.5 Å². The summed E-state index contributed by atoms with van der Waals surface area (Å²) < 4.78 is 38.6. The van der Waals surface area contributed by atoms with Crippen LogP contribution in [0.1, 0.15) is 12.8 Å². The van der Waals surface area contributed by atoms with Crippen molar-refractivity contribution in [2.24, 2.45) is 5.92 Å². The molecule has 172 valence electrons. The van der Waals surface area contributed by atoms with E-state index < -0.39 is 23.6 Å². The predicted molar refractivity (Wildman–Crippen MR) is 113 cm³/mol. The SMILES string of the molecule is Fc1ccc(Oc2c(F)cccc2OC[C@H]2CCCNC2)c(Cl)c1.O=C(O)/C=C/C(=O)O. The molecule has 2 aromatic rings. The second kappa shape index (κ2) is 12.6. The topological polar surface area (TPSA) is 105 Å². The lowest BCUT2D eigenvalue weighted by atomic mass is 10.0. The predicted octanol–water partition coefficient (Wildman–Crippen LogP) is 4.50. The van der Waals surface area contributed by atoms with Gasteiger partial charge in [-0.3, -0.25) is 0 Å². The molecule has 3 rings (SSSR count). The van der Waals surface area contributed by atoms with Crippen molar-refractivity contribution in [3.8, 4) is 17.2 Å². The first-order chi connectivity index (χ1) is 15.3. The van der Waals surface area contributed by atoms with Gasteiger partial charge in [-0.15, -0.1) is 0 Å². The van der Waals surface area contributed by atoms with E-state index in [0.29, 0.717) is 30.4 Å². The second-order valence-electron chi connectivity index (χ2n) is 6.78. The minimum absolute atomic E-state index is 0.0465. The molecule has 2 aromatic carbocycles. The Kier molecular flexibility index (Phi) is 9.90. The third-order valence-electron chi connectivity index (χ3n) is 4.28. The van der Waals surface area contributed by atoms with Crippen LogP contribution >= 0.6 is 11.6 Å². The molecule has 1 fully saturated rings. The Labute approximate surface area is 188 Å². The molecule has 32 heavy (non-hydrogen) atoms. The van der Waals surface area contributed by atoms with Gasteiger partial charge in [0.15, 0.2) is 11.6 Å². The summed E-state index contributed by atoms with van der Waals surface area (Å²) in [6.07, 6.45) is 3.29. The smallest absolute Gasteiger partial charge is 0.328 e. The molecular weight excluding hydrogens is 448 g/mol. The van der Waals surface area contributed by atoms with Gasteiger partial charge in [-0.2, -0.15) is 0 Å². The number of rotatable bonds is 7. The van der Waals surface area contributed by atoms with E-state index in [-0.39, 0.29) is 16.5 Å². The van der Waals surface area contributed by atoms with Crippen LogP contribution in [0.5, 0.6) is 17.2 Å². The van der Waals surface area contributed by atoms with Crippen molar-refractivity contribution in [1.29, 1.82) is 0 Å². The van der Waals surface area contributed by atoms with Crippen LogP contribution in [0.25, 0.3) is 0 Å². The van der Waals surface area contributed by atoms with E-state index >= 15 is 0 Å². The molecule has 0 radical (unpaired) electrons. The summed E-state index contributed by atoms with van der Waals surface area (Å²) in [7, 11) is 0. The van der Waals surface area contributed by atoms with Crippen LogP contribution in [0.15, 0.2) is 48.6 Å². The first kappa shape index (κ1) is 25.1. The highest BCUT2D eigenvalue weighted by molar-refractivity contribution is 6.32. The van der Waals surface area contributed by atoms with Crippen LogP contribution in [0.2, 0.25) is 5.02 Å². The summed E-state index contributed by atoms with van der Waals surface area (Å²) in [5.74, 6) is -2.75. The quantitative estimate of drug-likeness (QED) is 0.513. The molecule has 3 N–H and O–H groups in total. The fraction of sp³-hybridized carbons (Fsp3) is 0.273. The van der Waals surface area contributed by atoms with Crippen LogP contribution in [-0.2, 0) is 9.59 Å². The molecule has 0 bridgehead atoms. The molecule has 10 heteroatoms. The summed E-state index contributed by atoms with van der Waals surface area (Å²) in [6.45, 7) is 2.38. The fourth-order valence-electron chi connectivity index (χ4n) is 2.79. The molecule has 0 unspecified atom stereocenters. The maximum atomic E-state index is 14.2. The number of carbonyl (C=O) groups is 2. The van der Waals surface area contributed by atoms with Gasteiger partial charge in [0.05, 0.1) is 11.6 Å². The Bertz CT molecular complexity index is 947. The highest BCUT2D eigenvalue weighted by Gasteiger charge is 2.18. The number of aliphatic carboxylic acids is 2. The van der Waals surface area contributed by atoms with Gasteiger partial charge >= 0.3 is 11.9 Å². The van der Waals surface area contributed by atoms with Crippen LogP contribution < -0.4 is 14.8 Å². The maximum absolute atomic E-state index is 14.2. The lowest BCUT2D eigenvalue weighted by molar-refractivity contribution is -0.134. The molecule has 7 nitrogen and oxygen atoms in total. The molecule has 1 saturated heterocycles. The zero-order valence-corrected chi connectivity index (χ0v) is 17.6. The third-order valence-corrected chi connectivity index (χ3v) is 4.57. The highest BCUT2D eigenvalue weighted by Crippen LogP contribution is 2.37. The van der Waals surface area contributed by atoms with E-state index in [9.17, 15) is 18.4 Å². The van der Waals surface area contributed by atoms with Gasteiger partial charge < -0.3 is 25.0 Å². The molecule has 1 aliphatic heterocycles. The normalized spacial score (nSPS) is 15.5. The van der Waals surface area contributed by atoms with Crippen molar-refractivity contribution < 1.29 is 38.1 Å². The minimum atomic E-state index is -1.26. The van der Waals surface area contributed by atoms with Crippen LogP contribution in [-0.4, -0.2) is 41.8 Å². The highest BCUT2D eigenvalue weighted by atomic mass is 35.5. The largest absolute Gasteiger partial charge is 0.489 e. The van der Waals surface area contributed by atoms with Crippen molar-refractivity contribution in [3.63, 3.8) is 0 Å². The summed E-state index contributed by atoms with van der Waals surface area (Å²) in [5.41, 5.74) is 0. The van der Waals surface area contributed by atoms with E-state index in [1.165, 1.54) is 18.2 Å². The lowest BCUT2D eigenvalue weighted by Gasteiger charge is -2.23. The monoisotopic (exact) mass is 469 g/mol. The molecule has 1 aliphatic rings. The number of carboxylic acids is 2. The van der Waals surface area contributed by atoms with Crippen LogP contribution in [0.3, 0.4) is 0 Å². The molecule has 0 saturated carbocycles. The van der Waals surface area contributed by atoms with Crippen molar-refractivity contribution in [2.75, 3.05) is 19.7 Å². The van der Waals surface area contributed by atoms with Crippen LogP contribution in [0, 0.1) is 17.6 Å². The molecule has 0 aromatic heterocycles. The Morgan fingerprint density at radius 2 is 1.84 bits per heavy atom. The van der Waals surface area contributed by atoms with E-state index in [1.54, 1.807) is 12.1 Å². The Balaban J connectivity index is 0.000000390. The number of hydrogen-bond acceptors (Lipinski definition) is 5. The molecule has 0 amide bonds. The summed E-state index contributed by atoms with van der Waals surface area (Å²) in [4.78, 5) is 19.1. The van der Waals surface area contributed by atoms with Crippen molar-refractivity contribution in [3.05, 3.63) is 65.2 Å². The van der Waals surface area contributed by atoms with Gasteiger partial charge in [0.25, 0.3) is 0 Å². The minimum Gasteiger partial charge on any atom is -0.489 e. The molecule has 1 heterocycles. The summed E-state index contributed by atoms with van der Waals surface area (Å²) >= 11 is 5.95. The van der Waals surface area contributed by atoms with Crippen LogP contribution in [0.4, 0.5) is 8.78 Å². The zero-order valence-electron chi connectivity index (χ0n) is 16.9. The average Bonchev–Trinajstić information content (AvgIpc) is 2.75. The number of halogens is 3. The van der Waals surface area contributed by atoms with E-state index in [2.05, 4.69) is 5.32 Å². The van der Waals surface area contributed by atoms with Gasteiger partial charge in [-0.1, -0.05) is 17.7 Å². The summed E-state index contributed by atoms with van der Waals surface area (Å²) in [5, 5.41) is 19.0. The molecule has 1 atom stereocenters. The first-order valence-electron chi connectivity index (χ1n) is 9.65. The molecular formula is C22H22ClF2NO6. The average molecular weight is 470 g/mol. The van der Waals surface area contributed by atoms with Gasteiger partial charge in [-0.25, -0.2) is 18.4 Å². The number of benzene rings is 2. The van der Waals surface area contributed by atoms with E-state index in [1.807, 2.05) is 0 Å². The van der Waals surface area contributed by atoms with Gasteiger partial charge in [0, 0.05) is 24.6 Å². The first-order valence-corrected chi connectivity index (χ1v) is 10.0. The number of nitrogens with one attached hydrogen (secondary N) is 1. The Hall–Kier alpha value is -3.17. The zero-order chi connectivity index (χ0) is 23.5. The Morgan fingerprint density at radius 3 is 2.44 bits per heavy atom. The van der Waals surface area contributed by atoms with E-state index in [0.717, 1.165) is 32.0 Å². The number of carboxylic acid groups (broad SMARTS) is 2. The van der Waals surface area contributed by atoms with E-state index in [4.69, 9.17) is 31.3 Å². The Morgan fingerprint density at radius 1 is 1.12 bits per heavy atom. The van der Waals surface area contributed by atoms with Gasteiger partial charge in [-0.05, 0) is 49.7 Å². The number of piperidine rings is 1. The molecule has 0 aliphatic carbocycles.